The third-order valence-corrected chi connectivity index (χ3v) is 6.93. The summed E-state index contributed by atoms with van der Waals surface area (Å²) in [5.41, 5.74) is 4.46. The lowest BCUT2D eigenvalue weighted by Crippen LogP contribution is -2.28. The summed E-state index contributed by atoms with van der Waals surface area (Å²) < 4.78 is 11.8. The number of hydrogen-bond acceptors (Lipinski definition) is 4. The van der Waals surface area contributed by atoms with Gasteiger partial charge in [-0.1, -0.05) is 54.2 Å². The summed E-state index contributed by atoms with van der Waals surface area (Å²) in [6.07, 6.45) is 5.59. The predicted octanol–water partition coefficient (Wildman–Crippen LogP) is 5.61. The summed E-state index contributed by atoms with van der Waals surface area (Å²) in [5.74, 6) is 2.78. The summed E-state index contributed by atoms with van der Waals surface area (Å²) in [6, 6.07) is 17.1. The average Bonchev–Trinajstić information content (AvgIpc) is 3.20. The van der Waals surface area contributed by atoms with Crippen LogP contribution >= 0.6 is 11.8 Å². The maximum atomic E-state index is 6.17. The van der Waals surface area contributed by atoms with Crippen LogP contribution in [0.15, 0.2) is 59.7 Å². The van der Waals surface area contributed by atoms with Crippen LogP contribution in [0.5, 0.6) is 5.75 Å². The van der Waals surface area contributed by atoms with Gasteiger partial charge in [-0.2, -0.15) is 0 Å². The number of fused-ring (bicyclic) bond motifs is 1. The fourth-order valence-electron chi connectivity index (χ4n) is 4.45. The van der Waals surface area contributed by atoms with Crippen molar-refractivity contribution in [1.29, 1.82) is 0 Å². The van der Waals surface area contributed by atoms with Crippen molar-refractivity contribution in [3.8, 4) is 5.75 Å². The monoisotopic (exact) mass is 409 g/mol. The van der Waals surface area contributed by atoms with Crippen molar-refractivity contribution in [2.24, 2.45) is 0 Å². The number of hydrogen-bond donors (Lipinski definition) is 0. The van der Waals surface area contributed by atoms with Crippen LogP contribution in [0.4, 0.5) is 0 Å². The van der Waals surface area contributed by atoms with Gasteiger partial charge in [0.1, 0.15) is 11.5 Å². The molecular formula is C25H31NO2S. The van der Waals surface area contributed by atoms with Crippen molar-refractivity contribution in [2.75, 3.05) is 27.2 Å². The van der Waals surface area contributed by atoms with Gasteiger partial charge in [-0.05, 0) is 55.0 Å². The molecule has 0 N–H and O–H groups in total. The SMILES string of the molecule is COc1cccc2c1CCCC2CN(C)CCC1=CSC(Cc2ccccc2)O1. The molecule has 4 heteroatoms. The number of ether oxygens (including phenoxy) is 2. The Bertz CT molecular complexity index is 836. The van der Waals surface area contributed by atoms with Crippen LogP contribution in [-0.4, -0.2) is 37.6 Å². The zero-order chi connectivity index (χ0) is 20.1. The second-order valence-electron chi connectivity index (χ2n) is 8.09. The first-order chi connectivity index (χ1) is 14.2. The Hall–Kier alpha value is -1.91. The molecule has 2 aromatic carbocycles. The molecule has 1 aliphatic carbocycles. The lowest BCUT2D eigenvalue weighted by Gasteiger charge is -2.30. The van der Waals surface area contributed by atoms with Gasteiger partial charge in [0, 0.05) is 31.3 Å². The van der Waals surface area contributed by atoms with Gasteiger partial charge in [-0.15, -0.1) is 0 Å². The van der Waals surface area contributed by atoms with Gasteiger partial charge in [0.05, 0.1) is 7.11 Å². The molecule has 3 nitrogen and oxygen atoms in total. The number of likely N-dealkylation sites (N-methyl/N-ethyl adjacent to an activating group) is 1. The van der Waals surface area contributed by atoms with E-state index in [9.17, 15) is 0 Å². The third kappa shape index (κ3) is 5.18. The van der Waals surface area contributed by atoms with Gasteiger partial charge in [0.25, 0.3) is 0 Å². The first-order valence-corrected chi connectivity index (χ1v) is 11.6. The predicted molar refractivity (Wildman–Crippen MR) is 121 cm³/mol. The number of methoxy groups -OCH3 is 1. The summed E-state index contributed by atoms with van der Waals surface area (Å²) in [7, 11) is 4.02. The number of nitrogens with zero attached hydrogens (tertiary/aromatic N) is 1. The summed E-state index contributed by atoms with van der Waals surface area (Å²) in [5, 5.41) is 2.21. The first kappa shape index (κ1) is 20.4. The van der Waals surface area contributed by atoms with E-state index in [2.05, 4.69) is 65.9 Å². The lowest BCUT2D eigenvalue weighted by atomic mass is 9.82. The smallest absolute Gasteiger partial charge is 0.152 e. The standard InChI is InChI=1S/C25H31NO2S/c1-26(17-20-10-6-12-23-22(20)11-7-13-24(23)27-2)15-14-21-18-29-25(28-21)16-19-8-4-3-5-9-19/h3-5,7-9,11,13,18,20,25H,6,10,12,14-17H2,1-2H3. The molecule has 0 fully saturated rings. The van der Waals surface area contributed by atoms with Crippen LogP contribution in [0, 0.1) is 0 Å². The van der Waals surface area contributed by atoms with Crippen LogP contribution in [0.3, 0.4) is 0 Å². The normalized spacial score (nSPS) is 20.9. The molecule has 1 aliphatic heterocycles. The van der Waals surface area contributed by atoms with E-state index in [4.69, 9.17) is 9.47 Å². The van der Waals surface area contributed by atoms with E-state index in [1.54, 1.807) is 7.11 Å². The minimum absolute atomic E-state index is 0.218. The van der Waals surface area contributed by atoms with E-state index in [0.717, 1.165) is 43.9 Å². The second-order valence-corrected chi connectivity index (χ2v) is 9.12. The molecule has 0 bridgehead atoms. The Morgan fingerprint density at radius 2 is 2.00 bits per heavy atom. The highest BCUT2D eigenvalue weighted by atomic mass is 32.2. The largest absolute Gasteiger partial charge is 0.496 e. The molecule has 2 atom stereocenters. The molecule has 2 aliphatic rings. The van der Waals surface area contributed by atoms with Crippen LogP contribution in [0.25, 0.3) is 0 Å². The number of benzene rings is 2. The van der Waals surface area contributed by atoms with Gasteiger partial charge >= 0.3 is 0 Å². The van der Waals surface area contributed by atoms with Crippen molar-refractivity contribution < 1.29 is 9.47 Å². The molecule has 0 amide bonds. The Balaban J connectivity index is 1.26. The number of thioether (sulfide) groups is 1. The Morgan fingerprint density at radius 3 is 2.83 bits per heavy atom. The zero-order valence-corrected chi connectivity index (χ0v) is 18.3. The van der Waals surface area contributed by atoms with Crippen molar-refractivity contribution in [3.63, 3.8) is 0 Å². The van der Waals surface area contributed by atoms with Crippen molar-refractivity contribution >= 4 is 11.8 Å². The van der Waals surface area contributed by atoms with E-state index >= 15 is 0 Å². The molecular weight excluding hydrogens is 378 g/mol. The second kappa shape index (κ2) is 9.73. The molecule has 154 valence electrons. The highest BCUT2D eigenvalue weighted by Crippen LogP contribution is 2.37. The van der Waals surface area contributed by atoms with Crippen LogP contribution in [0.2, 0.25) is 0 Å². The van der Waals surface area contributed by atoms with Crippen molar-refractivity contribution in [2.45, 2.75) is 43.5 Å². The van der Waals surface area contributed by atoms with Crippen LogP contribution in [0.1, 0.15) is 41.9 Å². The molecule has 0 saturated carbocycles. The van der Waals surface area contributed by atoms with E-state index in [1.807, 2.05) is 11.8 Å². The molecule has 29 heavy (non-hydrogen) atoms. The van der Waals surface area contributed by atoms with E-state index in [0.29, 0.717) is 5.92 Å². The fourth-order valence-corrected chi connectivity index (χ4v) is 5.40. The van der Waals surface area contributed by atoms with E-state index in [1.165, 1.54) is 29.5 Å². The topological polar surface area (TPSA) is 21.7 Å². The zero-order valence-electron chi connectivity index (χ0n) is 17.5. The number of rotatable bonds is 8. The van der Waals surface area contributed by atoms with Crippen LogP contribution in [-0.2, 0) is 17.6 Å². The maximum Gasteiger partial charge on any atom is 0.152 e. The first-order valence-electron chi connectivity index (χ1n) is 10.6. The Labute approximate surface area is 179 Å². The molecule has 0 spiro atoms. The highest BCUT2D eigenvalue weighted by Gasteiger charge is 2.24. The van der Waals surface area contributed by atoms with Gasteiger partial charge in [-0.25, -0.2) is 0 Å². The van der Waals surface area contributed by atoms with Crippen molar-refractivity contribution in [1.82, 2.24) is 4.90 Å². The Morgan fingerprint density at radius 1 is 1.14 bits per heavy atom. The van der Waals surface area contributed by atoms with Gasteiger partial charge < -0.3 is 14.4 Å². The average molecular weight is 410 g/mol. The van der Waals surface area contributed by atoms with Crippen LogP contribution < -0.4 is 4.74 Å². The quantitative estimate of drug-likeness (QED) is 0.565. The van der Waals surface area contributed by atoms with Gasteiger partial charge in [0.15, 0.2) is 5.44 Å². The third-order valence-electron chi connectivity index (χ3n) is 5.96. The van der Waals surface area contributed by atoms with E-state index < -0.39 is 0 Å². The summed E-state index contributed by atoms with van der Waals surface area (Å²) >= 11 is 1.81. The Kier molecular flexibility index (Phi) is 6.83. The van der Waals surface area contributed by atoms with E-state index in [-0.39, 0.29) is 5.44 Å². The molecule has 4 rings (SSSR count). The lowest BCUT2D eigenvalue weighted by molar-refractivity contribution is 0.177. The van der Waals surface area contributed by atoms with Gasteiger partial charge in [0.2, 0.25) is 0 Å². The molecule has 0 aromatic heterocycles. The molecule has 2 aromatic rings. The van der Waals surface area contributed by atoms with Crippen molar-refractivity contribution in [3.05, 3.63) is 76.4 Å². The molecule has 2 unspecified atom stereocenters. The molecule has 1 heterocycles. The maximum absolute atomic E-state index is 6.17. The minimum Gasteiger partial charge on any atom is -0.496 e. The molecule has 0 radical (unpaired) electrons. The van der Waals surface area contributed by atoms with Gasteiger partial charge in [-0.3, -0.25) is 0 Å². The highest BCUT2D eigenvalue weighted by molar-refractivity contribution is 8.02. The fraction of sp³-hybridized carbons (Fsp3) is 0.440. The minimum atomic E-state index is 0.218. The summed E-state index contributed by atoms with van der Waals surface area (Å²) in [4.78, 5) is 2.46. The summed E-state index contributed by atoms with van der Waals surface area (Å²) in [6.45, 7) is 2.12. The molecule has 0 saturated heterocycles.